The molecule has 0 saturated carbocycles. The third-order valence-electron chi connectivity index (χ3n) is 3.63. The second-order valence-corrected chi connectivity index (χ2v) is 5.05. The van der Waals surface area contributed by atoms with E-state index in [0.29, 0.717) is 0 Å². The van der Waals surface area contributed by atoms with Crippen molar-refractivity contribution in [3.8, 4) is 0 Å². The van der Waals surface area contributed by atoms with Crippen molar-refractivity contribution in [1.29, 1.82) is 0 Å². The van der Waals surface area contributed by atoms with Crippen LogP contribution in [-0.2, 0) is 13.0 Å². The van der Waals surface area contributed by atoms with E-state index < -0.39 is 0 Å². The molecule has 2 aromatic carbocycles. The Labute approximate surface area is 121 Å². The van der Waals surface area contributed by atoms with Gasteiger partial charge in [-0.15, -0.1) is 0 Å². The summed E-state index contributed by atoms with van der Waals surface area (Å²) in [6.07, 6.45) is 0.856. The first-order chi connectivity index (χ1) is 9.70. The van der Waals surface area contributed by atoms with Crippen LogP contribution in [0.2, 0.25) is 0 Å². The molecule has 20 heavy (non-hydrogen) atoms. The molecule has 2 nitrogen and oxygen atoms in total. The zero-order chi connectivity index (χ0) is 14.4. The van der Waals surface area contributed by atoms with Crippen molar-refractivity contribution in [2.75, 3.05) is 7.05 Å². The second kappa shape index (κ2) is 6.90. The maximum Gasteiger partial charge on any atom is 0.101 e. The number of hydrogen-bond donors (Lipinski definition) is 1. The molecule has 2 aromatic rings. The van der Waals surface area contributed by atoms with Gasteiger partial charge >= 0.3 is 0 Å². The van der Waals surface area contributed by atoms with Crippen LogP contribution in [-0.4, -0.2) is 12.9 Å². The van der Waals surface area contributed by atoms with Crippen LogP contribution in [0.3, 0.4) is 0 Å². The van der Waals surface area contributed by atoms with Crippen LogP contribution in [0.5, 0.6) is 0 Å². The molecule has 0 saturated heterocycles. The molecule has 0 aliphatic carbocycles. The maximum atomic E-state index is 4.37. The lowest BCUT2D eigenvalue weighted by Gasteiger charge is -2.12. The normalized spacial score (nSPS) is 11.4. The number of benzene rings is 2. The van der Waals surface area contributed by atoms with Gasteiger partial charge in [-0.05, 0) is 36.1 Å². The van der Waals surface area contributed by atoms with Crippen LogP contribution in [0.15, 0.2) is 53.5 Å². The van der Waals surface area contributed by atoms with Crippen molar-refractivity contribution in [2.24, 2.45) is 4.99 Å². The summed E-state index contributed by atoms with van der Waals surface area (Å²) in [5.74, 6) is 1.03. The average Bonchev–Trinajstić information content (AvgIpc) is 2.47. The molecule has 0 amide bonds. The highest BCUT2D eigenvalue weighted by molar-refractivity contribution is 5.84. The van der Waals surface area contributed by atoms with Crippen LogP contribution < -0.4 is 5.32 Å². The zero-order valence-electron chi connectivity index (χ0n) is 12.5. The average molecular weight is 266 g/mol. The van der Waals surface area contributed by atoms with Crippen molar-refractivity contribution in [1.82, 2.24) is 5.32 Å². The molecule has 0 unspecified atom stereocenters. The fourth-order valence-electron chi connectivity index (χ4n) is 2.22. The van der Waals surface area contributed by atoms with Gasteiger partial charge in [0.25, 0.3) is 0 Å². The highest BCUT2D eigenvalue weighted by Gasteiger charge is 2.04. The molecule has 0 aromatic heterocycles. The van der Waals surface area contributed by atoms with Gasteiger partial charge in [-0.25, -0.2) is 0 Å². The lowest BCUT2D eigenvalue weighted by Crippen LogP contribution is -2.25. The van der Waals surface area contributed by atoms with Gasteiger partial charge in [0.2, 0.25) is 0 Å². The first-order valence-electron chi connectivity index (χ1n) is 6.99. The van der Waals surface area contributed by atoms with E-state index in [9.17, 15) is 0 Å². The monoisotopic (exact) mass is 266 g/mol. The fraction of sp³-hybridized carbons (Fsp3) is 0.278. The molecule has 0 spiro atoms. The van der Waals surface area contributed by atoms with Gasteiger partial charge < -0.3 is 5.32 Å². The van der Waals surface area contributed by atoms with Crippen molar-refractivity contribution in [3.05, 3.63) is 70.8 Å². The first-order valence-corrected chi connectivity index (χ1v) is 6.99. The minimum Gasteiger partial charge on any atom is -0.369 e. The Morgan fingerprint density at radius 3 is 2.00 bits per heavy atom. The molecule has 104 valence electrons. The van der Waals surface area contributed by atoms with Gasteiger partial charge in [0.15, 0.2) is 0 Å². The second-order valence-electron chi connectivity index (χ2n) is 5.05. The van der Waals surface area contributed by atoms with Crippen LogP contribution in [0.1, 0.15) is 22.3 Å². The van der Waals surface area contributed by atoms with Gasteiger partial charge in [0.05, 0.1) is 0 Å². The number of rotatable bonds is 4. The highest BCUT2D eigenvalue weighted by Crippen LogP contribution is 2.09. The molecule has 2 heteroatoms. The Morgan fingerprint density at radius 1 is 0.900 bits per heavy atom. The van der Waals surface area contributed by atoms with E-state index in [-0.39, 0.29) is 0 Å². The summed E-state index contributed by atoms with van der Waals surface area (Å²) in [5, 5.41) is 3.45. The van der Waals surface area contributed by atoms with Gasteiger partial charge in [0, 0.05) is 20.0 Å². The standard InChI is InChI=1S/C18H22N2/c1-14-8-4-6-10-16(14)12-18(19-3)20-13-17-11-7-5-9-15(17)2/h4-11H,12-13H2,1-3H3,(H,19,20). The van der Waals surface area contributed by atoms with Gasteiger partial charge in [-0.1, -0.05) is 48.5 Å². The summed E-state index contributed by atoms with van der Waals surface area (Å²) in [4.78, 5) is 4.37. The Balaban J connectivity index is 2.01. The summed E-state index contributed by atoms with van der Waals surface area (Å²) < 4.78 is 0. The van der Waals surface area contributed by atoms with Gasteiger partial charge in [0.1, 0.15) is 5.84 Å². The van der Waals surface area contributed by atoms with Crippen LogP contribution in [0, 0.1) is 13.8 Å². The smallest absolute Gasteiger partial charge is 0.101 e. The fourth-order valence-corrected chi connectivity index (χ4v) is 2.22. The van der Waals surface area contributed by atoms with E-state index >= 15 is 0 Å². The maximum absolute atomic E-state index is 4.37. The number of aryl methyl sites for hydroxylation is 2. The summed E-state index contributed by atoms with van der Waals surface area (Å²) in [6, 6.07) is 16.9. The largest absolute Gasteiger partial charge is 0.369 e. The van der Waals surface area contributed by atoms with E-state index in [1.54, 1.807) is 0 Å². The molecule has 0 radical (unpaired) electrons. The Bertz CT molecular complexity index is 600. The lowest BCUT2D eigenvalue weighted by atomic mass is 10.0. The molecule has 0 bridgehead atoms. The predicted molar refractivity (Wildman–Crippen MR) is 86.3 cm³/mol. The molecule has 0 heterocycles. The van der Waals surface area contributed by atoms with Crippen molar-refractivity contribution in [2.45, 2.75) is 26.8 Å². The van der Waals surface area contributed by atoms with Crippen molar-refractivity contribution in [3.63, 3.8) is 0 Å². The van der Waals surface area contributed by atoms with Crippen LogP contribution in [0.25, 0.3) is 0 Å². The summed E-state index contributed by atoms with van der Waals surface area (Å²) >= 11 is 0. The minimum atomic E-state index is 0.825. The molecule has 0 fully saturated rings. The summed E-state index contributed by atoms with van der Waals surface area (Å²) in [7, 11) is 1.85. The lowest BCUT2D eigenvalue weighted by molar-refractivity contribution is 0.882. The van der Waals surface area contributed by atoms with Gasteiger partial charge in [-0.3, -0.25) is 4.99 Å². The number of nitrogens with zero attached hydrogens (tertiary/aromatic N) is 1. The number of nitrogens with one attached hydrogen (secondary N) is 1. The highest BCUT2D eigenvalue weighted by atomic mass is 15.0. The van der Waals surface area contributed by atoms with Gasteiger partial charge in [-0.2, -0.15) is 0 Å². The number of aliphatic imine (C=N–C) groups is 1. The van der Waals surface area contributed by atoms with E-state index in [0.717, 1.165) is 18.8 Å². The van der Waals surface area contributed by atoms with E-state index in [1.165, 1.54) is 22.3 Å². The van der Waals surface area contributed by atoms with E-state index in [2.05, 4.69) is 72.7 Å². The molecule has 0 aliphatic heterocycles. The molecule has 2 rings (SSSR count). The summed E-state index contributed by atoms with van der Waals surface area (Å²) in [5.41, 5.74) is 5.27. The SMILES string of the molecule is CN=C(Cc1ccccc1C)NCc1ccccc1C. The molecular formula is C18H22N2. The summed E-state index contributed by atoms with van der Waals surface area (Å²) in [6.45, 7) is 5.11. The Hall–Kier alpha value is -2.09. The Kier molecular flexibility index (Phi) is 4.94. The van der Waals surface area contributed by atoms with Crippen LogP contribution >= 0.6 is 0 Å². The number of hydrogen-bond acceptors (Lipinski definition) is 1. The molecule has 0 atom stereocenters. The van der Waals surface area contributed by atoms with Crippen LogP contribution in [0.4, 0.5) is 0 Å². The van der Waals surface area contributed by atoms with Crippen molar-refractivity contribution < 1.29 is 0 Å². The molecular weight excluding hydrogens is 244 g/mol. The molecule has 0 aliphatic rings. The van der Waals surface area contributed by atoms with E-state index in [1.807, 2.05) is 7.05 Å². The van der Waals surface area contributed by atoms with Crippen molar-refractivity contribution >= 4 is 5.84 Å². The minimum absolute atomic E-state index is 0.825. The van der Waals surface area contributed by atoms with E-state index in [4.69, 9.17) is 0 Å². The quantitative estimate of drug-likeness (QED) is 0.663. The third kappa shape index (κ3) is 3.70. The first kappa shape index (κ1) is 14.3. The zero-order valence-corrected chi connectivity index (χ0v) is 12.5. The third-order valence-corrected chi connectivity index (χ3v) is 3.63. The predicted octanol–water partition coefficient (Wildman–Crippen LogP) is 3.66. The Morgan fingerprint density at radius 2 is 1.45 bits per heavy atom. The number of amidine groups is 1. The molecule has 1 N–H and O–H groups in total. The topological polar surface area (TPSA) is 24.4 Å².